The lowest BCUT2D eigenvalue weighted by molar-refractivity contribution is 0.0315. The molecule has 1 aromatic carbocycles. The normalized spacial score (nSPS) is 13.8. The van der Waals surface area contributed by atoms with E-state index in [2.05, 4.69) is 39.9 Å². The van der Waals surface area contributed by atoms with Gasteiger partial charge in [-0.05, 0) is 44.4 Å². The molecular formula is C16H26FNO. The number of benzene rings is 1. The predicted molar refractivity (Wildman–Crippen MR) is 77.7 cm³/mol. The Morgan fingerprint density at radius 1 is 1.16 bits per heavy atom. The van der Waals surface area contributed by atoms with Crippen LogP contribution in [0.25, 0.3) is 0 Å². The minimum absolute atomic E-state index is 0.0396. The lowest BCUT2D eigenvalue weighted by Gasteiger charge is -2.26. The smallest absolute Gasteiger partial charge is 0.123 e. The maximum atomic E-state index is 13.0. The molecule has 0 radical (unpaired) electrons. The van der Waals surface area contributed by atoms with Crippen molar-refractivity contribution >= 4 is 0 Å². The fourth-order valence-corrected chi connectivity index (χ4v) is 1.66. The van der Waals surface area contributed by atoms with Gasteiger partial charge in [-0.3, -0.25) is 0 Å². The number of hydrogen-bond donors (Lipinski definition) is 1. The van der Waals surface area contributed by atoms with Crippen molar-refractivity contribution in [3.63, 3.8) is 0 Å². The van der Waals surface area contributed by atoms with Crippen LogP contribution in [-0.4, -0.2) is 18.7 Å². The molecule has 3 heteroatoms. The van der Waals surface area contributed by atoms with Crippen molar-refractivity contribution < 1.29 is 9.13 Å². The summed E-state index contributed by atoms with van der Waals surface area (Å²) in [5.41, 5.74) is 1.05. The molecule has 0 aliphatic rings. The molecule has 0 amide bonds. The Kier molecular flexibility index (Phi) is 5.95. The molecule has 0 saturated carbocycles. The molecule has 0 aliphatic heterocycles. The lowest BCUT2D eigenvalue weighted by Crippen LogP contribution is -2.39. The second-order valence-electron chi connectivity index (χ2n) is 6.40. The molecule has 0 spiro atoms. The topological polar surface area (TPSA) is 21.3 Å². The van der Waals surface area contributed by atoms with Crippen LogP contribution in [0.15, 0.2) is 24.3 Å². The molecule has 0 bridgehead atoms. The maximum absolute atomic E-state index is 13.0. The third-order valence-corrected chi connectivity index (χ3v) is 2.69. The lowest BCUT2D eigenvalue weighted by atomic mass is 10.1. The average molecular weight is 267 g/mol. The van der Waals surface area contributed by atoms with Gasteiger partial charge in [0.05, 0.1) is 6.10 Å². The Bertz CT molecular complexity index is 367. The van der Waals surface area contributed by atoms with Crippen LogP contribution < -0.4 is 5.32 Å². The number of nitrogens with one attached hydrogen (secondary N) is 1. The summed E-state index contributed by atoms with van der Waals surface area (Å²) in [6.07, 6.45) is -0.0396. The molecule has 1 N–H and O–H groups in total. The van der Waals surface area contributed by atoms with Crippen LogP contribution >= 0.6 is 0 Å². The van der Waals surface area contributed by atoms with Crippen LogP contribution in [0, 0.1) is 11.7 Å². The van der Waals surface area contributed by atoms with Crippen molar-refractivity contribution in [1.29, 1.82) is 0 Å². The maximum Gasteiger partial charge on any atom is 0.123 e. The molecule has 0 aromatic heterocycles. The summed E-state index contributed by atoms with van der Waals surface area (Å²) in [7, 11) is 0. The molecule has 1 atom stereocenters. The number of hydrogen-bond acceptors (Lipinski definition) is 2. The molecule has 1 unspecified atom stereocenters. The third kappa shape index (κ3) is 6.69. The third-order valence-electron chi connectivity index (χ3n) is 2.69. The van der Waals surface area contributed by atoms with Gasteiger partial charge < -0.3 is 10.1 Å². The van der Waals surface area contributed by atoms with E-state index in [0.717, 1.165) is 12.1 Å². The van der Waals surface area contributed by atoms with Crippen LogP contribution in [-0.2, 0) is 4.74 Å². The first-order chi connectivity index (χ1) is 8.78. The van der Waals surface area contributed by atoms with E-state index in [0.29, 0.717) is 12.5 Å². The summed E-state index contributed by atoms with van der Waals surface area (Å²) in [4.78, 5) is 0. The van der Waals surface area contributed by atoms with Crippen molar-refractivity contribution in [2.24, 2.45) is 5.92 Å². The highest BCUT2D eigenvalue weighted by Crippen LogP contribution is 2.19. The highest BCUT2D eigenvalue weighted by Gasteiger charge is 2.17. The Morgan fingerprint density at radius 2 is 1.74 bits per heavy atom. The Balaban J connectivity index is 2.70. The summed E-state index contributed by atoms with van der Waals surface area (Å²) in [6, 6.07) is 6.56. The molecule has 2 nitrogen and oxygen atoms in total. The Labute approximate surface area is 116 Å². The van der Waals surface area contributed by atoms with Crippen LogP contribution in [0.3, 0.4) is 0 Å². The van der Waals surface area contributed by atoms with E-state index in [1.54, 1.807) is 12.1 Å². The minimum atomic E-state index is -0.213. The number of ether oxygens (including phenoxy) is 1. The minimum Gasteiger partial charge on any atom is -0.372 e. The summed E-state index contributed by atoms with van der Waals surface area (Å²) in [5.74, 6) is 0.271. The summed E-state index contributed by atoms with van der Waals surface area (Å²) < 4.78 is 18.9. The number of halogens is 1. The second kappa shape index (κ2) is 7.01. The molecule has 1 rings (SSSR count). The van der Waals surface area contributed by atoms with Gasteiger partial charge in [-0.15, -0.1) is 0 Å². The zero-order chi connectivity index (χ0) is 14.5. The summed E-state index contributed by atoms with van der Waals surface area (Å²) >= 11 is 0. The van der Waals surface area contributed by atoms with E-state index in [1.807, 2.05) is 0 Å². The van der Waals surface area contributed by atoms with Gasteiger partial charge in [0.15, 0.2) is 0 Å². The van der Waals surface area contributed by atoms with Gasteiger partial charge >= 0.3 is 0 Å². The molecule has 0 heterocycles. The van der Waals surface area contributed by atoms with Crippen LogP contribution in [0.4, 0.5) is 4.39 Å². The summed E-state index contributed by atoms with van der Waals surface area (Å²) in [6.45, 7) is 12.0. The Morgan fingerprint density at radius 3 is 2.21 bits per heavy atom. The van der Waals surface area contributed by atoms with Gasteiger partial charge in [0.2, 0.25) is 0 Å². The average Bonchev–Trinajstić information content (AvgIpc) is 2.29. The fraction of sp³-hybridized carbons (Fsp3) is 0.625. The van der Waals surface area contributed by atoms with Gasteiger partial charge in [-0.25, -0.2) is 4.39 Å². The van der Waals surface area contributed by atoms with E-state index in [9.17, 15) is 4.39 Å². The van der Waals surface area contributed by atoms with Crippen molar-refractivity contribution in [2.75, 3.05) is 13.2 Å². The highest BCUT2D eigenvalue weighted by atomic mass is 19.1. The Hall–Kier alpha value is -0.930. The fourth-order valence-electron chi connectivity index (χ4n) is 1.66. The largest absolute Gasteiger partial charge is 0.372 e. The van der Waals surface area contributed by atoms with Gasteiger partial charge in [-0.1, -0.05) is 26.0 Å². The second-order valence-corrected chi connectivity index (χ2v) is 6.40. The van der Waals surface area contributed by atoms with Crippen molar-refractivity contribution in [3.05, 3.63) is 35.6 Å². The predicted octanol–water partition coefficient (Wildman–Crippen LogP) is 3.93. The van der Waals surface area contributed by atoms with Gasteiger partial charge in [-0.2, -0.15) is 0 Å². The standard InChI is InChI=1S/C16H26FNO/c1-12(2)11-19-15(10-18-16(3,4)5)13-6-8-14(17)9-7-13/h6-9,12,15,18H,10-11H2,1-5H3. The van der Waals surface area contributed by atoms with Crippen molar-refractivity contribution in [3.8, 4) is 0 Å². The van der Waals surface area contributed by atoms with E-state index in [-0.39, 0.29) is 17.5 Å². The first-order valence-corrected chi connectivity index (χ1v) is 6.90. The van der Waals surface area contributed by atoms with E-state index in [4.69, 9.17) is 4.74 Å². The molecular weight excluding hydrogens is 241 g/mol. The van der Waals surface area contributed by atoms with E-state index < -0.39 is 0 Å². The molecule has 0 saturated heterocycles. The van der Waals surface area contributed by atoms with Crippen LogP contribution in [0.1, 0.15) is 46.3 Å². The zero-order valence-corrected chi connectivity index (χ0v) is 12.7. The SMILES string of the molecule is CC(C)COC(CNC(C)(C)C)c1ccc(F)cc1. The monoisotopic (exact) mass is 267 g/mol. The summed E-state index contributed by atoms with van der Waals surface area (Å²) in [5, 5.41) is 3.44. The van der Waals surface area contributed by atoms with E-state index in [1.165, 1.54) is 12.1 Å². The first-order valence-electron chi connectivity index (χ1n) is 6.90. The number of rotatable bonds is 6. The van der Waals surface area contributed by atoms with Gasteiger partial charge in [0.1, 0.15) is 5.82 Å². The van der Waals surface area contributed by atoms with Gasteiger partial charge in [0, 0.05) is 18.7 Å². The quantitative estimate of drug-likeness (QED) is 0.843. The highest BCUT2D eigenvalue weighted by molar-refractivity contribution is 5.19. The van der Waals surface area contributed by atoms with Crippen molar-refractivity contribution in [2.45, 2.75) is 46.3 Å². The van der Waals surface area contributed by atoms with Crippen LogP contribution in [0.5, 0.6) is 0 Å². The van der Waals surface area contributed by atoms with Crippen LogP contribution in [0.2, 0.25) is 0 Å². The molecule has 1 aromatic rings. The van der Waals surface area contributed by atoms with Gasteiger partial charge in [0.25, 0.3) is 0 Å². The molecule has 0 fully saturated rings. The first kappa shape index (κ1) is 16.1. The molecule has 108 valence electrons. The van der Waals surface area contributed by atoms with Crippen molar-refractivity contribution in [1.82, 2.24) is 5.32 Å². The molecule has 19 heavy (non-hydrogen) atoms. The molecule has 0 aliphatic carbocycles. The zero-order valence-electron chi connectivity index (χ0n) is 12.7. The van der Waals surface area contributed by atoms with E-state index >= 15 is 0 Å².